The number of carboxylic acid groups (broad SMARTS) is 1. The number of phosphoric ester groups is 2. The number of aryl methyl sites for hydroxylation is 1. The molecule has 0 aliphatic carbocycles. The molecule has 2 unspecified atom stereocenters. The fraction of sp³-hybridized carbons (Fsp3) is 0.688. The summed E-state index contributed by atoms with van der Waals surface area (Å²) in [5.74, 6) is -2.11. The lowest BCUT2D eigenvalue weighted by molar-refractivity contribution is -0.348. The molecular weight excluding hydrogens is 554 g/mol. The Morgan fingerprint density at radius 2 is 1.78 bits per heavy atom. The molecule has 19 nitrogen and oxygen atoms in total. The van der Waals surface area contributed by atoms with Crippen molar-refractivity contribution in [2.24, 2.45) is 0 Å². The minimum Gasteiger partial charge on any atom is -0.756 e. The lowest BCUT2D eigenvalue weighted by Gasteiger charge is -2.42. The van der Waals surface area contributed by atoms with Gasteiger partial charge in [0, 0.05) is 18.2 Å². The highest BCUT2D eigenvalue weighted by Crippen LogP contribution is 2.57. The van der Waals surface area contributed by atoms with E-state index in [1.54, 1.807) is 0 Å². The van der Waals surface area contributed by atoms with E-state index in [4.69, 9.17) is 4.74 Å². The van der Waals surface area contributed by atoms with E-state index >= 15 is 0 Å². The van der Waals surface area contributed by atoms with Crippen LogP contribution in [-0.2, 0) is 36.8 Å². The minimum atomic E-state index is -6.00. The number of hydrogen-bond donors (Lipinski definition) is 5. The number of carboxylic acids is 1. The molecule has 1 aromatic heterocycles. The number of aliphatic hydroxyl groups excluding tert-OH is 4. The highest BCUT2D eigenvalue weighted by molar-refractivity contribution is 7.59. The summed E-state index contributed by atoms with van der Waals surface area (Å²) in [5, 5.41) is 50.0. The van der Waals surface area contributed by atoms with Crippen molar-refractivity contribution < 1.29 is 72.1 Å². The first-order chi connectivity index (χ1) is 17.0. The number of aromatic amines is 1. The summed E-state index contributed by atoms with van der Waals surface area (Å²) in [5.41, 5.74) is -1.39. The zero-order chi connectivity index (χ0) is 27.9. The Bertz CT molecular complexity index is 1220. The number of carbonyl (C=O) groups is 1. The third kappa shape index (κ3) is 6.98. The van der Waals surface area contributed by atoms with Crippen molar-refractivity contribution in [1.82, 2.24) is 9.55 Å². The number of nitrogens with one attached hydrogen (secondary N) is 1. The number of ether oxygens (including phenoxy) is 2. The first-order valence-corrected chi connectivity index (χ1v) is 13.2. The molecule has 2 aliphatic heterocycles. The van der Waals surface area contributed by atoms with E-state index in [9.17, 15) is 58.8 Å². The molecule has 0 radical (unpaired) electrons. The predicted molar refractivity (Wildman–Crippen MR) is 106 cm³/mol. The summed E-state index contributed by atoms with van der Waals surface area (Å²) in [6, 6.07) is 0. The average molecular weight is 575 g/mol. The van der Waals surface area contributed by atoms with Gasteiger partial charge in [0.1, 0.15) is 36.7 Å². The molecule has 3 heterocycles. The van der Waals surface area contributed by atoms with E-state index in [0.29, 0.717) is 0 Å². The molecule has 2 fully saturated rings. The van der Waals surface area contributed by atoms with E-state index in [0.717, 1.165) is 10.8 Å². The van der Waals surface area contributed by atoms with Gasteiger partial charge in [0.05, 0.1) is 18.7 Å². The Kier molecular flexibility index (Phi) is 8.93. The van der Waals surface area contributed by atoms with Gasteiger partial charge in [-0.05, 0) is 6.92 Å². The molecular formula is C16H21N2O17P2-3. The standard InChI is InChI=1S/C16H24N2O17P2/c1-5-3-18(16(26)17-13(5)23)8-2-6(19)7(32-8)4-31-36(27,28)35-37(29,30)34-15-11(22)9(20)10(21)12(33-15)14(24)25/h3,6-12,15,19-22H,2,4H2,1H3,(H,24,25)(H,27,28)(H,29,30)(H,17,23,26)/p-3/t6-,7+,8+,9-,10+,11+,12-,15+/m0/s1. The Labute approximate surface area is 205 Å². The van der Waals surface area contributed by atoms with Gasteiger partial charge in [-0.2, -0.15) is 0 Å². The van der Waals surface area contributed by atoms with E-state index in [2.05, 4.69) is 18.1 Å². The molecule has 2 saturated heterocycles. The number of nitrogens with zero attached hydrogens (tertiary/aromatic N) is 1. The second-order valence-electron chi connectivity index (χ2n) is 8.00. The number of aromatic nitrogens is 2. The predicted octanol–water partition coefficient (Wildman–Crippen LogP) is -5.96. The van der Waals surface area contributed by atoms with E-state index in [1.165, 1.54) is 6.92 Å². The molecule has 37 heavy (non-hydrogen) atoms. The van der Waals surface area contributed by atoms with Crippen molar-refractivity contribution in [3.63, 3.8) is 0 Å². The molecule has 2 aliphatic rings. The number of carbonyl (C=O) groups excluding carboxylic acids is 1. The molecule has 0 spiro atoms. The maximum atomic E-state index is 12.0. The van der Waals surface area contributed by atoms with Crippen LogP contribution in [0.2, 0.25) is 0 Å². The molecule has 0 aromatic carbocycles. The van der Waals surface area contributed by atoms with Crippen molar-refractivity contribution in [3.8, 4) is 0 Å². The molecule has 3 rings (SSSR count). The van der Waals surface area contributed by atoms with Crippen LogP contribution in [0.1, 0.15) is 18.2 Å². The van der Waals surface area contributed by atoms with E-state index < -0.39 is 88.6 Å². The molecule has 21 heteroatoms. The number of phosphoric acid groups is 2. The van der Waals surface area contributed by atoms with E-state index in [1.807, 2.05) is 4.98 Å². The third-order valence-electron chi connectivity index (χ3n) is 5.29. The van der Waals surface area contributed by atoms with Crippen LogP contribution in [0.4, 0.5) is 0 Å². The molecule has 0 amide bonds. The minimum absolute atomic E-state index is 0.140. The monoisotopic (exact) mass is 575 g/mol. The number of aliphatic hydroxyl groups is 4. The summed E-state index contributed by atoms with van der Waals surface area (Å²) in [6.45, 7) is 0.393. The SMILES string of the molecule is Cc1cn([C@H]2C[C@H](O)[C@@H](COP(=O)([O-])OP(=O)([O-])O[C@H]3O[C@H](C(=O)[O-])[C@H](O)[C@H](O)[C@H]3O)O2)c(=O)[nH]c1=O. The molecule has 0 saturated carbocycles. The van der Waals surface area contributed by atoms with Gasteiger partial charge < -0.3 is 54.1 Å². The first kappa shape index (κ1) is 29.7. The van der Waals surface area contributed by atoms with Crippen molar-refractivity contribution in [1.29, 1.82) is 0 Å². The summed E-state index contributed by atoms with van der Waals surface area (Å²) >= 11 is 0. The zero-order valence-electron chi connectivity index (χ0n) is 18.5. The number of hydrogen-bond acceptors (Lipinski definition) is 17. The number of aliphatic carboxylic acids is 1. The van der Waals surface area contributed by atoms with Crippen LogP contribution in [-0.4, -0.2) is 85.5 Å². The van der Waals surface area contributed by atoms with Gasteiger partial charge >= 0.3 is 5.69 Å². The van der Waals surface area contributed by atoms with Gasteiger partial charge in [0.15, 0.2) is 6.29 Å². The maximum absolute atomic E-state index is 12.0. The highest BCUT2D eigenvalue weighted by atomic mass is 31.3. The largest absolute Gasteiger partial charge is 0.756 e. The fourth-order valence-electron chi connectivity index (χ4n) is 3.42. The Balaban J connectivity index is 1.61. The molecule has 5 N–H and O–H groups in total. The highest BCUT2D eigenvalue weighted by Gasteiger charge is 2.46. The Morgan fingerprint density at radius 3 is 2.41 bits per heavy atom. The van der Waals surface area contributed by atoms with Crippen LogP contribution in [0.3, 0.4) is 0 Å². The maximum Gasteiger partial charge on any atom is 0.330 e. The Hall–Kier alpha value is -1.83. The van der Waals surface area contributed by atoms with Crippen molar-refractivity contribution in [3.05, 3.63) is 32.6 Å². The van der Waals surface area contributed by atoms with Gasteiger partial charge in [-0.3, -0.25) is 28.0 Å². The fourth-order valence-corrected chi connectivity index (χ4v) is 5.50. The Morgan fingerprint density at radius 1 is 1.14 bits per heavy atom. The first-order valence-electron chi connectivity index (χ1n) is 10.2. The van der Waals surface area contributed by atoms with Gasteiger partial charge in [0.25, 0.3) is 21.2 Å². The molecule has 1 aromatic rings. The van der Waals surface area contributed by atoms with Crippen LogP contribution in [0.25, 0.3) is 0 Å². The summed E-state index contributed by atoms with van der Waals surface area (Å²) in [6.07, 6.45) is -14.8. The molecule has 10 atom stereocenters. The van der Waals surface area contributed by atoms with Gasteiger partial charge in [0.2, 0.25) is 0 Å². The van der Waals surface area contributed by atoms with E-state index in [-0.39, 0.29) is 12.0 Å². The quantitative estimate of drug-likeness (QED) is 0.171. The second kappa shape index (κ2) is 11.1. The summed E-state index contributed by atoms with van der Waals surface area (Å²) < 4.78 is 47.2. The van der Waals surface area contributed by atoms with Gasteiger partial charge in [-0.25, -0.2) is 9.11 Å². The molecule has 210 valence electrons. The van der Waals surface area contributed by atoms with Gasteiger partial charge in [-0.1, -0.05) is 0 Å². The lowest BCUT2D eigenvalue weighted by atomic mass is 9.99. The topological polar surface area (TPSA) is 302 Å². The molecule has 0 bridgehead atoms. The normalized spacial score (nSPS) is 35.5. The number of rotatable bonds is 9. The zero-order valence-corrected chi connectivity index (χ0v) is 20.3. The second-order valence-corrected chi connectivity index (χ2v) is 10.9. The summed E-state index contributed by atoms with van der Waals surface area (Å²) in [7, 11) is -11.8. The van der Waals surface area contributed by atoms with Crippen molar-refractivity contribution >= 4 is 21.6 Å². The van der Waals surface area contributed by atoms with Crippen LogP contribution in [0.5, 0.6) is 0 Å². The third-order valence-corrected chi connectivity index (χ3v) is 7.82. The van der Waals surface area contributed by atoms with Crippen LogP contribution >= 0.6 is 15.6 Å². The van der Waals surface area contributed by atoms with Gasteiger partial charge in [-0.15, -0.1) is 0 Å². The lowest BCUT2D eigenvalue weighted by Crippen LogP contribution is -2.62. The number of H-pyrrole nitrogens is 1. The van der Waals surface area contributed by atoms with Crippen molar-refractivity contribution in [2.75, 3.05) is 6.61 Å². The van der Waals surface area contributed by atoms with Crippen LogP contribution in [0, 0.1) is 6.92 Å². The summed E-state index contributed by atoms with van der Waals surface area (Å²) in [4.78, 5) is 60.5. The van der Waals surface area contributed by atoms with Crippen molar-refractivity contribution in [2.45, 2.75) is 62.5 Å². The van der Waals surface area contributed by atoms with Crippen LogP contribution < -0.4 is 26.1 Å². The smallest absolute Gasteiger partial charge is 0.330 e. The average Bonchev–Trinajstić information content (AvgIpc) is 3.14. The van der Waals surface area contributed by atoms with Crippen LogP contribution in [0.15, 0.2) is 15.8 Å².